The first-order valence-electron chi connectivity index (χ1n) is 16.5. The molecule has 6 heteroatoms. The van der Waals surface area contributed by atoms with Crippen LogP contribution in [0.3, 0.4) is 0 Å². The summed E-state index contributed by atoms with van der Waals surface area (Å²) >= 11 is 1.74. The van der Waals surface area contributed by atoms with Gasteiger partial charge in [0.05, 0.1) is 0 Å². The van der Waals surface area contributed by atoms with Crippen LogP contribution in [0.1, 0.15) is 0 Å². The molecule has 5 nitrogen and oxygen atoms in total. The maximum atomic E-state index is 6.32. The summed E-state index contributed by atoms with van der Waals surface area (Å²) in [7, 11) is 0. The average Bonchev–Trinajstić information content (AvgIpc) is 3.78. The SMILES string of the molecule is c1ccc(-c2cccc(-c3nc(-c4ccc5ccccc5c4)nc(-c4cccc5sc6cc7nc(-c8ccccc8)oc7cc6c45)n3)c2)cc1. The molecule has 0 atom stereocenters. The summed E-state index contributed by atoms with van der Waals surface area (Å²) in [6.07, 6.45) is 0. The third kappa shape index (κ3) is 4.93. The van der Waals surface area contributed by atoms with Crippen LogP contribution in [0.2, 0.25) is 0 Å². The van der Waals surface area contributed by atoms with Crippen molar-refractivity contribution >= 4 is 53.4 Å². The second-order valence-corrected chi connectivity index (χ2v) is 13.4. The molecule has 10 rings (SSSR count). The minimum Gasteiger partial charge on any atom is -0.436 e. The molecule has 3 heterocycles. The van der Waals surface area contributed by atoms with Gasteiger partial charge < -0.3 is 4.42 Å². The minimum absolute atomic E-state index is 0.614. The van der Waals surface area contributed by atoms with Gasteiger partial charge in [0, 0.05) is 42.4 Å². The van der Waals surface area contributed by atoms with E-state index >= 15 is 0 Å². The molecule has 3 aromatic heterocycles. The molecular formula is C44H26N4OS. The Hall–Kier alpha value is -6.50. The van der Waals surface area contributed by atoms with Gasteiger partial charge in [0.2, 0.25) is 5.89 Å². The molecular weight excluding hydrogens is 633 g/mol. The summed E-state index contributed by atoms with van der Waals surface area (Å²) in [5.41, 5.74) is 7.59. The van der Waals surface area contributed by atoms with Gasteiger partial charge in [-0.3, -0.25) is 0 Å². The van der Waals surface area contributed by atoms with Crippen LogP contribution in [0.5, 0.6) is 0 Å². The smallest absolute Gasteiger partial charge is 0.227 e. The first-order chi connectivity index (χ1) is 24.7. The summed E-state index contributed by atoms with van der Waals surface area (Å²) in [6, 6.07) is 54.1. The third-order valence-electron chi connectivity index (χ3n) is 9.14. The molecule has 50 heavy (non-hydrogen) atoms. The van der Waals surface area contributed by atoms with E-state index < -0.39 is 0 Å². The van der Waals surface area contributed by atoms with Crippen LogP contribution in [0, 0.1) is 0 Å². The zero-order valence-corrected chi connectivity index (χ0v) is 27.4. The van der Waals surface area contributed by atoms with Crippen molar-refractivity contribution < 1.29 is 4.42 Å². The highest BCUT2D eigenvalue weighted by Crippen LogP contribution is 2.42. The highest BCUT2D eigenvalue weighted by Gasteiger charge is 2.19. The average molecular weight is 659 g/mol. The highest BCUT2D eigenvalue weighted by molar-refractivity contribution is 7.26. The number of nitrogens with zero attached hydrogens (tertiary/aromatic N) is 4. The Kier molecular flexibility index (Phi) is 6.60. The fraction of sp³-hybridized carbons (Fsp3) is 0. The normalized spacial score (nSPS) is 11.6. The van der Waals surface area contributed by atoms with E-state index in [1.54, 1.807) is 11.3 Å². The lowest BCUT2D eigenvalue weighted by Crippen LogP contribution is -2.00. The molecule has 234 valence electrons. The zero-order valence-electron chi connectivity index (χ0n) is 26.6. The number of rotatable bonds is 5. The van der Waals surface area contributed by atoms with Crippen LogP contribution >= 0.6 is 11.3 Å². The van der Waals surface area contributed by atoms with Gasteiger partial charge in [0.1, 0.15) is 5.52 Å². The standard InChI is InChI=1S/C44H26N4OS/c1-3-11-27(12-4-1)31-17-9-18-32(23-31)41-46-42(33-22-21-28-13-7-8-16-30(28)24-33)48-43(47-41)34-19-10-20-38-40(34)35-25-37-36(26-39(35)50-38)45-44(49-37)29-14-5-2-6-15-29/h1-26H. The molecule has 0 fully saturated rings. The fourth-order valence-corrected chi connectivity index (χ4v) is 7.84. The van der Waals surface area contributed by atoms with Crippen molar-refractivity contribution in [3.63, 3.8) is 0 Å². The van der Waals surface area contributed by atoms with Gasteiger partial charge in [-0.1, -0.05) is 115 Å². The molecule has 7 aromatic carbocycles. The van der Waals surface area contributed by atoms with Crippen LogP contribution in [-0.4, -0.2) is 19.9 Å². The second-order valence-electron chi connectivity index (χ2n) is 12.3. The van der Waals surface area contributed by atoms with Crippen LogP contribution in [0.25, 0.3) is 98.8 Å². The maximum Gasteiger partial charge on any atom is 0.227 e. The molecule has 0 amide bonds. The number of thiophene rings is 1. The molecule has 0 radical (unpaired) electrons. The summed E-state index contributed by atoms with van der Waals surface area (Å²) in [5, 5.41) is 4.48. The van der Waals surface area contributed by atoms with E-state index in [0.717, 1.165) is 70.0 Å². The number of aromatic nitrogens is 4. The Labute approximate surface area is 291 Å². The second kappa shape index (κ2) is 11.6. The summed E-state index contributed by atoms with van der Waals surface area (Å²) in [6.45, 7) is 0. The van der Waals surface area contributed by atoms with E-state index in [0.29, 0.717) is 23.4 Å². The molecule has 0 saturated heterocycles. The molecule has 0 aliphatic rings. The number of hydrogen-bond acceptors (Lipinski definition) is 6. The van der Waals surface area contributed by atoms with Crippen LogP contribution in [-0.2, 0) is 0 Å². The van der Waals surface area contributed by atoms with Gasteiger partial charge in [0.25, 0.3) is 0 Å². The van der Waals surface area contributed by atoms with Crippen molar-refractivity contribution in [2.75, 3.05) is 0 Å². The van der Waals surface area contributed by atoms with E-state index in [-0.39, 0.29) is 0 Å². The van der Waals surface area contributed by atoms with Gasteiger partial charge in [0.15, 0.2) is 23.1 Å². The predicted octanol–water partition coefficient (Wildman–Crippen LogP) is 11.9. The van der Waals surface area contributed by atoms with E-state index in [4.69, 9.17) is 24.4 Å². The van der Waals surface area contributed by atoms with Gasteiger partial charge in [-0.2, -0.15) is 0 Å². The number of benzene rings is 7. The monoisotopic (exact) mass is 658 g/mol. The number of fused-ring (bicyclic) bond motifs is 5. The van der Waals surface area contributed by atoms with Gasteiger partial charge in [-0.05, 0) is 64.4 Å². The van der Waals surface area contributed by atoms with E-state index in [1.807, 2.05) is 36.4 Å². The van der Waals surface area contributed by atoms with Crippen molar-refractivity contribution in [2.45, 2.75) is 0 Å². The first kappa shape index (κ1) is 28.5. The molecule has 0 aliphatic heterocycles. The number of oxazole rings is 1. The van der Waals surface area contributed by atoms with Crippen LogP contribution in [0.4, 0.5) is 0 Å². The quantitative estimate of drug-likeness (QED) is 0.184. The Morgan fingerprint density at radius 2 is 1.08 bits per heavy atom. The van der Waals surface area contributed by atoms with Gasteiger partial charge >= 0.3 is 0 Å². The van der Waals surface area contributed by atoms with Crippen molar-refractivity contribution in [3.05, 3.63) is 158 Å². The lowest BCUT2D eigenvalue weighted by atomic mass is 10.0. The zero-order chi connectivity index (χ0) is 33.0. The third-order valence-corrected chi connectivity index (χ3v) is 10.3. The van der Waals surface area contributed by atoms with Crippen LogP contribution < -0.4 is 0 Å². The molecule has 10 aromatic rings. The van der Waals surface area contributed by atoms with Crippen molar-refractivity contribution in [3.8, 4) is 56.7 Å². The Balaban J connectivity index is 1.19. The first-order valence-corrected chi connectivity index (χ1v) is 17.3. The summed E-state index contributed by atoms with van der Waals surface area (Å²) in [4.78, 5) is 20.3. The van der Waals surface area contributed by atoms with Crippen molar-refractivity contribution in [1.29, 1.82) is 0 Å². The number of hydrogen-bond donors (Lipinski definition) is 0. The summed E-state index contributed by atoms with van der Waals surface area (Å²) in [5.74, 6) is 2.49. The van der Waals surface area contributed by atoms with E-state index in [1.165, 1.54) is 5.39 Å². The summed E-state index contributed by atoms with van der Waals surface area (Å²) < 4.78 is 8.59. The molecule has 0 aliphatic carbocycles. The lowest BCUT2D eigenvalue weighted by molar-refractivity contribution is 0.620. The van der Waals surface area contributed by atoms with E-state index in [9.17, 15) is 0 Å². The molecule has 0 unspecified atom stereocenters. The Morgan fingerprint density at radius 1 is 0.420 bits per heavy atom. The fourth-order valence-electron chi connectivity index (χ4n) is 6.69. The minimum atomic E-state index is 0.614. The Morgan fingerprint density at radius 3 is 1.90 bits per heavy atom. The molecule has 0 N–H and O–H groups in total. The molecule has 0 saturated carbocycles. The lowest BCUT2D eigenvalue weighted by Gasteiger charge is -2.11. The largest absolute Gasteiger partial charge is 0.436 e. The topological polar surface area (TPSA) is 64.7 Å². The van der Waals surface area contributed by atoms with E-state index in [2.05, 4.69) is 121 Å². The van der Waals surface area contributed by atoms with Gasteiger partial charge in [-0.25, -0.2) is 19.9 Å². The maximum absolute atomic E-state index is 6.32. The van der Waals surface area contributed by atoms with Crippen molar-refractivity contribution in [2.24, 2.45) is 0 Å². The Bertz CT molecular complexity index is 2880. The van der Waals surface area contributed by atoms with Gasteiger partial charge in [-0.15, -0.1) is 11.3 Å². The molecule has 0 spiro atoms. The highest BCUT2D eigenvalue weighted by atomic mass is 32.1. The molecule has 0 bridgehead atoms. The van der Waals surface area contributed by atoms with Crippen molar-refractivity contribution in [1.82, 2.24) is 19.9 Å². The van der Waals surface area contributed by atoms with Crippen LogP contribution in [0.15, 0.2) is 162 Å². The predicted molar refractivity (Wildman–Crippen MR) is 205 cm³/mol.